The molecule has 174 valence electrons. The van der Waals surface area contributed by atoms with Crippen molar-refractivity contribution < 1.29 is 9.59 Å². The van der Waals surface area contributed by atoms with Gasteiger partial charge in [-0.05, 0) is 79.8 Å². The fourth-order valence-electron chi connectivity index (χ4n) is 3.82. The van der Waals surface area contributed by atoms with Gasteiger partial charge in [-0.1, -0.05) is 29.3 Å². The first-order valence-corrected chi connectivity index (χ1v) is 11.8. The number of nitrogens with one attached hydrogen (secondary N) is 2. The third kappa shape index (κ3) is 5.92. The van der Waals surface area contributed by atoms with Gasteiger partial charge < -0.3 is 15.1 Å². The number of thiocarbonyl (C=S) groups is 1. The van der Waals surface area contributed by atoms with E-state index in [0.29, 0.717) is 29.2 Å². The number of hydrogen-bond acceptors (Lipinski definition) is 4. The quantitative estimate of drug-likeness (QED) is 0.515. The van der Waals surface area contributed by atoms with Crippen LogP contribution in [0, 0.1) is 6.92 Å². The highest BCUT2D eigenvalue weighted by Crippen LogP contribution is 2.21. The van der Waals surface area contributed by atoms with Crippen molar-refractivity contribution in [2.24, 2.45) is 0 Å². The highest BCUT2D eigenvalue weighted by atomic mass is 35.5. The van der Waals surface area contributed by atoms with Gasteiger partial charge in [-0.25, -0.2) is 0 Å². The van der Waals surface area contributed by atoms with Gasteiger partial charge in [0.1, 0.15) is 0 Å². The van der Waals surface area contributed by atoms with Gasteiger partial charge in [0.15, 0.2) is 5.11 Å². The Balaban J connectivity index is 1.28. The molecule has 0 bridgehead atoms. The minimum Gasteiger partial charge on any atom is -0.368 e. The Bertz CT molecular complexity index is 1190. The Morgan fingerprint density at radius 2 is 1.56 bits per heavy atom. The molecule has 0 unspecified atom stereocenters. The molecule has 34 heavy (non-hydrogen) atoms. The Kier molecular flexibility index (Phi) is 7.45. The van der Waals surface area contributed by atoms with Crippen LogP contribution in [0.15, 0.2) is 72.8 Å². The fourth-order valence-corrected chi connectivity index (χ4v) is 4.16. The van der Waals surface area contributed by atoms with Crippen LogP contribution in [0.5, 0.6) is 0 Å². The summed E-state index contributed by atoms with van der Waals surface area (Å²) in [4.78, 5) is 29.2. The van der Waals surface area contributed by atoms with Crippen molar-refractivity contribution >= 4 is 52.1 Å². The van der Waals surface area contributed by atoms with Gasteiger partial charge in [-0.2, -0.15) is 0 Å². The van der Waals surface area contributed by atoms with E-state index in [4.69, 9.17) is 23.8 Å². The molecule has 2 N–H and O–H groups in total. The molecule has 2 amide bonds. The predicted molar refractivity (Wildman–Crippen MR) is 141 cm³/mol. The van der Waals surface area contributed by atoms with Gasteiger partial charge >= 0.3 is 0 Å². The maximum Gasteiger partial charge on any atom is 0.257 e. The summed E-state index contributed by atoms with van der Waals surface area (Å²) in [7, 11) is 0. The summed E-state index contributed by atoms with van der Waals surface area (Å²) in [6.07, 6.45) is 0. The van der Waals surface area contributed by atoms with Gasteiger partial charge in [0.25, 0.3) is 11.8 Å². The van der Waals surface area contributed by atoms with E-state index in [-0.39, 0.29) is 16.9 Å². The summed E-state index contributed by atoms with van der Waals surface area (Å²) in [5.41, 5.74) is 4.08. The molecule has 0 aromatic heterocycles. The van der Waals surface area contributed by atoms with E-state index in [1.807, 2.05) is 54.3 Å². The van der Waals surface area contributed by atoms with Gasteiger partial charge in [0.2, 0.25) is 0 Å². The Labute approximate surface area is 209 Å². The molecule has 0 spiro atoms. The molecule has 1 aliphatic heterocycles. The molecular formula is C26H25ClN4O2S. The lowest BCUT2D eigenvalue weighted by atomic mass is 10.1. The molecular weight excluding hydrogens is 468 g/mol. The predicted octanol–water partition coefficient (Wildman–Crippen LogP) is 4.74. The molecule has 1 heterocycles. The topological polar surface area (TPSA) is 64.7 Å². The van der Waals surface area contributed by atoms with Crippen LogP contribution < -0.4 is 15.5 Å². The second-order valence-electron chi connectivity index (χ2n) is 8.11. The van der Waals surface area contributed by atoms with Gasteiger partial charge in [-0.15, -0.1) is 0 Å². The molecule has 1 aliphatic rings. The number of aryl methyl sites for hydroxylation is 1. The van der Waals surface area contributed by atoms with Gasteiger partial charge in [0.05, 0.1) is 0 Å². The lowest BCUT2D eigenvalue weighted by Gasteiger charge is -2.36. The molecule has 1 saturated heterocycles. The average molecular weight is 493 g/mol. The van der Waals surface area contributed by atoms with Crippen molar-refractivity contribution in [1.29, 1.82) is 0 Å². The van der Waals surface area contributed by atoms with Crippen molar-refractivity contribution in [2.75, 3.05) is 36.4 Å². The molecule has 8 heteroatoms. The molecule has 4 rings (SSSR count). The van der Waals surface area contributed by atoms with E-state index in [1.54, 1.807) is 30.3 Å². The second-order valence-corrected chi connectivity index (χ2v) is 8.96. The standard InChI is InChI=1S/C26H25ClN4O2S/c1-18-3-2-4-20(17-18)24(32)29-26(34)28-22-9-11-23(12-10-22)30-13-15-31(16-14-30)25(33)19-5-7-21(27)8-6-19/h2-12,17H,13-16H2,1H3,(H2,28,29,32,34). The molecule has 0 atom stereocenters. The molecule has 6 nitrogen and oxygen atoms in total. The first kappa shape index (κ1) is 23.7. The van der Waals surface area contributed by atoms with Crippen molar-refractivity contribution in [3.8, 4) is 0 Å². The van der Waals surface area contributed by atoms with E-state index in [1.165, 1.54) is 0 Å². The zero-order valence-corrected chi connectivity index (χ0v) is 20.3. The van der Waals surface area contributed by atoms with Crippen LogP contribution in [0.2, 0.25) is 5.02 Å². The monoisotopic (exact) mass is 492 g/mol. The van der Waals surface area contributed by atoms with E-state index >= 15 is 0 Å². The number of benzene rings is 3. The number of hydrogen-bond donors (Lipinski definition) is 2. The Morgan fingerprint density at radius 3 is 2.21 bits per heavy atom. The summed E-state index contributed by atoms with van der Waals surface area (Å²) in [6.45, 7) is 4.73. The minimum atomic E-state index is -0.246. The number of halogens is 1. The van der Waals surface area contributed by atoms with Crippen molar-refractivity contribution in [3.05, 3.63) is 94.5 Å². The Hall–Kier alpha value is -3.42. The summed E-state index contributed by atoms with van der Waals surface area (Å²) in [5.74, 6) is -0.221. The third-order valence-electron chi connectivity index (χ3n) is 5.66. The molecule has 3 aromatic rings. The number of carbonyl (C=O) groups is 2. The maximum absolute atomic E-state index is 12.7. The van der Waals surface area contributed by atoms with Crippen molar-refractivity contribution in [1.82, 2.24) is 10.2 Å². The van der Waals surface area contributed by atoms with Crippen LogP contribution in [-0.2, 0) is 0 Å². The zero-order chi connectivity index (χ0) is 24.1. The van der Waals surface area contributed by atoms with E-state index in [2.05, 4.69) is 15.5 Å². The largest absolute Gasteiger partial charge is 0.368 e. The molecule has 0 aliphatic carbocycles. The maximum atomic E-state index is 12.7. The molecule has 1 fully saturated rings. The smallest absolute Gasteiger partial charge is 0.257 e. The number of amides is 2. The van der Waals surface area contributed by atoms with E-state index in [9.17, 15) is 9.59 Å². The summed E-state index contributed by atoms with van der Waals surface area (Å²) >= 11 is 11.2. The molecule has 0 radical (unpaired) electrons. The van der Waals surface area contributed by atoms with Gasteiger partial charge in [-0.3, -0.25) is 14.9 Å². The third-order valence-corrected chi connectivity index (χ3v) is 6.11. The zero-order valence-electron chi connectivity index (χ0n) is 18.8. The van der Waals surface area contributed by atoms with Crippen LogP contribution in [0.4, 0.5) is 11.4 Å². The van der Waals surface area contributed by atoms with Crippen LogP contribution in [-0.4, -0.2) is 48.0 Å². The first-order valence-electron chi connectivity index (χ1n) is 11.0. The van der Waals surface area contributed by atoms with E-state index < -0.39 is 0 Å². The summed E-state index contributed by atoms with van der Waals surface area (Å²) in [5, 5.41) is 6.62. The molecule has 0 saturated carbocycles. The van der Waals surface area contributed by atoms with Crippen molar-refractivity contribution in [2.45, 2.75) is 6.92 Å². The second kappa shape index (κ2) is 10.7. The number of rotatable bonds is 4. The number of carbonyl (C=O) groups excluding carboxylic acids is 2. The first-order chi connectivity index (χ1) is 16.4. The lowest BCUT2D eigenvalue weighted by Crippen LogP contribution is -2.48. The number of piperazine rings is 1. The number of anilines is 2. The minimum absolute atomic E-state index is 0.0251. The van der Waals surface area contributed by atoms with Crippen molar-refractivity contribution in [3.63, 3.8) is 0 Å². The summed E-state index contributed by atoms with van der Waals surface area (Å²) < 4.78 is 0. The summed E-state index contributed by atoms with van der Waals surface area (Å²) in [6, 6.07) is 22.2. The lowest BCUT2D eigenvalue weighted by molar-refractivity contribution is 0.0746. The van der Waals surface area contributed by atoms with Crippen LogP contribution in [0.3, 0.4) is 0 Å². The average Bonchev–Trinajstić information content (AvgIpc) is 2.84. The van der Waals surface area contributed by atoms with Crippen LogP contribution in [0.25, 0.3) is 0 Å². The SMILES string of the molecule is Cc1cccc(C(=O)NC(=S)Nc2ccc(N3CCN(C(=O)c4ccc(Cl)cc4)CC3)cc2)c1. The van der Waals surface area contributed by atoms with E-state index in [0.717, 1.165) is 30.0 Å². The fraction of sp³-hybridized carbons (Fsp3) is 0.192. The van der Waals surface area contributed by atoms with Gasteiger partial charge in [0, 0.05) is 53.7 Å². The normalized spacial score (nSPS) is 13.4. The highest BCUT2D eigenvalue weighted by Gasteiger charge is 2.22. The number of nitrogens with zero attached hydrogens (tertiary/aromatic N) is 2. The van der Waals surface area contributed by atoms with Crippen LogP contribution in [0.1, 0.15) is 26.3 Å². The Morgan fingerprint density at radius 1 is 0.882 bits per heavy atom. The van der Waals surface area contributed by atoms with Crippen LogP contribution >= 0.6 is 23.8 Å². The molecule has 3 aromatic carbocycles. The highest BCUT2D eigenvalue weighted by molar-refractivity contribution is 7.80.